The maximum Gasteiger partial charge on any atom is 0.330 e. The van der Waals surface area contributed by atoms with E-state index in [4.69, 9.17) is 14.2 Å². The fraction of sp³-hybridized carbons (Fsp3) is 0.263. The zero-order valence-electron chi connectivity index (χ0n) is 14.9. The van der Waals surface area contributed by atoms with Crippen molar-refractivity contribution in [2.75, 3.05) is 27.4 Å². The molecule has 2 aromatic carbocycles. The summed E-state index contributed by atoms with van der Waals surface area (Å²) in [7, 11) is 2.84. The van der Waals surface area contributed by atoms with Gasteiger partial charge in [-0.2, -0.15) is 0 Å². The van der Waals surface area contributed by atoms with Gasteiger partial charge in [0, 0.05) is 12.7 Å². The molecule has 0 aliphatic heterocycles. The van der Waals surface area contributed by atoms with Gasteiger partial charge < -0.3 is 24.6 Å². The monoisotopic (exact) mass is 377 g/mol. The topological polar surface area (TPSA) is 94.1 Å². The minimum Gasteiger partial charge on any atom is -0.494 e. The Hall–Kier alpha value is -3.13. The third-order valence-corrected chi connectivity index (χ3v) is 3.68. The van der Waals surface area contributed by atoms with Gasteiger partial charge in [0.2, 0.25) is 0 Å². The average molecular weight is 377 g/mol. The molecule has 2 aromatic rings. The second-order valence-corrected chi connectivity index (χ2v) is 5.51. The quantitative estimate of drug-likeness (QED) is 0.652. The lowest BCUT2D eigenvalue weighted by Crippen LogP contribution is -2.33. The molecule has 0 saturated heterocycles. The number of ether oxygens (including phenoxy) is 3. The van der Waals surface area contributed by atoms with Crippen molar-refractivity contribution >= 4 is 11.9 Å². The molecular weight excluding hydrogens is 357 g/mol. The van der Waals surface area contributed by atoms with Crippen LogP contribution in [-0.4, -0.2) is 44.4 Å². The first kappa shape index (κ1) is 20.2. The summed E-state index contributed by atoms with van der Waals surface area (Å²) >= 11 is 0. The van der Waals surface area contributed by atoms with Crippen LogP contribution in [0.1, 0.15) is 22.0 Å². The van der Waals surface area contributed by atoms with E-state index in [1.165, 1.54) is 31.4 Å². The fourth-order valence-electron chi connectivity index (χ4n) is 2.33. The van der Waals surface area contributed by atoms with Crippen molar-refractivity contribution in [1.82, 2.24) is 5.32 Å². The van der Waals surface area contributed by atoms with Gasteiger partial charge in [0.1, 0.15) is 12.4 Å². The van der Waals surface area contributed by atoms with E-state index in [0.717, 1.165) is 6.07 Å². The Morgan fingerprint density at radius 2 is 1.93 bits per heavy atom. The van der Waals surface area contributed by atoms with Crippen molar-refractivity contribution in [3.63, 3.8) is 0 Å². The Morgan fingerprint density at radius 1 is 1.15 bits per heavy atom. The molecule has 144 valence electrons. The maximum absolute atomic E-state index is 13.9. The largest absolute Gasteiger partial charge is 0.494 e. The molecular formula is C19H20FNO6. The lowest BCUT2D eigenvalue weighted by Gasteiger charge is -2.16. The molecule has 8 heteroatoms. The number of aliphatic carboxylic acids is 1. The highest BCUT2D eigenvalue weighted by molar-refractivity contribution is 5.97. The molecule has 0 fully saturated rings. The van der Waals surface area contributed by atoms with Crippen LogP contribution >= 0.6 is 0 Å². The molecule has 0 aromatic heterocycles. The average Bonchev–Trinajstić information content (AvgIpc) is 2.66. The number of methoxy groups -OCH3 is 2. The van der Waals surface area contributed by atoms with Gasteiger partial charge >= 0.3 is 5.97 Å². The third-order valence-electron chi connectivity index (χ3n) is 3.68. The molecule has 0 spiro atoms. The van der Waals surface area contributed by atoms with Crippen molar-refractivity contribution < 1.29 is 33.3 Å². The minimum absolute atomic E-state index is 0.0184. The van der Waals surface area contributed by atoms with E-state index in [0.29, 0.717) is 19.0 Å². The Balaban J connectivity index is 2.16. The zero-order chi connectivity index (χ0) is 19.8. The van der Waals surface area contributed by atoms with Crippen molar-refractivity contribution in [2.45, 2.75) is 6.04 Å². The van der Waals surface area contributed by atoms with E-state index in [1.807, 2.05) is 0 Å². The fourth-order valence-corrected chi connectivity index (χ4v) is 2.33. The van der Waals surface area contributed by atoms with Crippen LogP contribution in [-0.2, 0) is 9.53 Å². The van der Waals surface area contributed by atoms with Gasteiger partial charge in [0.05, 0.1) is 13.7 Å². The third kappa shape index (κ3) is 5.42. The number of rotatable bonds is 9. The van der Waals surface area contributed by atoms with Gasteiger partial charge in [-0.1, -0.05) is 12.1 Å². The summed E-state index contributed by atoms with van der Waals surface area (Å²) in [5, 5.41) is 11.8. The molecule has 2 rings (SSSR count). The van der Waals surface area contributed by atoms with Crippen LogP contribution in [0.4, 0.5) is 4.39 Å². The van der Waals surface area contributed by atoms with Gasteiger partial charge in [-0.15, -0.1) is 0 Å². The van der Waals surface area contributed by atoms with Crippen LogP contribution < -0.4 is 14.8 Å². The summed E-state index contributed by atoms with van der Waals surface area (Å²) in [6.07, 6.45) is 0. The van der Waals surface area contributed by atoms with Crippen molar-refractivity contribution in [2.24, 2.45) is 0 Å². The van der Waals surface area contributed by atoms with Crippen LogP contribution in [0.25, 0.3) is 0 Å². The summed E-state index contributed by atoms with van der Waals surface area (Å²) in [4.78, 5) is 24.0. The number of amides is 1. The highest BCUT2D eigenvalue weighted by Crippen LogP contribution is 2.23. The lowest BCUT2D eigenvalue weighted by atomic mass is 10.1. The van der Waals surface area contributed by atoms with Gasteiger partial charge in [0.15, 0.2) is 17.6 Å². The smallest absolute Gasteiger partial charge is 0.330 e. The molecule has 7 nitrogen and oxygen atoms in total. The Kier molecular flexibility index (Phi) is 7.13. The number of nitrogens with one attached hydrogen (secondary N) is 1. The Bertz CT molecular complexity index is 811. The number of halogens is 1. The SMILES string of the molecule is COCCOc1cccc(C(=O)NC(C(=O)O)c2ccc(OC)c(F)c2)c1. The van der Waals surface area contributed by atoms with Crippen LogP contribution in [0.2, 0.25) is 0 Å². The molecule has 0 aliphatic carbocycles. The van der Waals surface area contributed by atoms with E-state index < -0.39 is 23.7 Å². The molecule has 2 N–H and O–H groups in total. The number of carboxylic acid groups (broad SMARTS) is 1. The lowest BCUT2D eigenvalue weighted by molar-refractivity contribution is -0.139. The second kappa shape index (κ2) is 9.54. The van der Waals surface area contributed by atoms with E-state index in [2.05, 4.69) is 5.32 Å². The number of benzene rings is 2. The molecule has 1 amide bonds. The van der Waals surface area contributed by atoms with Crippen LogP contribution in [0, 0.1) is 5.82 Å². The van der Waals surface area contributed by atoms with E-state index in [1.54, 1.807) is 19.2 Å². The predicted molar refractivity (Wildman–Crippen MR) is 94.6 cm³/mol. The van der Waals surface area contributed by atoms with Crippen molar-refractivity contribution in [3.05, 3.63) is 59.4 Å². The van der Waals surface area contributed by atoms with E-state index >= 15 is 0 Å². The minimum atomic E-state index is -1.42. The first-order valence-corrected chi connectivity index (χ1v) is 8.05. The molecule has 0 saturated carbocycles. The van der Waals surface area contributed by atoms with Gasteiger partial charge in [0.25, 0.3) is 5.91 Å². The van der Waals surface area contributed by atoms with E-state index in [9.17, 15) is 19.1 Å². The molecule has 27 heavy (non-hydrogen) atoms. The highest BCUT2D eigenvalue weighted by atomic mass is 19.1. The first-order chi connectivity index (χ1) is 13.0. The molecule has 0 radical (unpaired) electrons. The number of carbonyl (C=O) groups is 2. The number of carbonyl (C=O) groups excluding carboxylic acids is 1. The molecule has 1 unspecified atom stereocenters. The molecule has 0 aliphatic rings. The standard InChI is InChI=1S/C19H20FNO6/c1-25-8-9-27-14-5-3-4-13(10-14)18(22)21-17(19(23)24)12-6-7-16(26-2)15(20)11-12/h3-7,10-11,17H,8-9H2,1-2H3,(H,21,22)(H,23,24). The summed E-state index contributed by atoms with van der Waals surface area (Å²) in [6, 6.07) is 8.56. The molecule has 0 bridgehead atoms. The Morgan fingerprint density at radius 3 is 2.56 bits per heavy atom. The number of hydrogen-bond acceptors (Lipinski definition) is 5. The summed E-state index contributed by atoms with van der Waals surface area (Å²) in [5.41, 5.74) is 0.298. The molecule has 1 atom stereocenters. The normalized spacial score (nSPS) is 11.5. The van der Waals surface area contributed by atoms with Crippen LogP contribution in [0.5, 0.6) is 11.5 Å². The van der Waals surface area contributed by atoms with Crippen LogP contribution in [0.3, 0.4) is 0 Å². The molecule has 0 heterocycles. The predicted octanol–water partition coefficient (Wildman–Crippen LogP) is 2.42. The second-order valence-electron chi connectivity index (χ2n) is 5.51. The van der Waals surface area contributed by atoms with Gasteiger partial charge in [-0.05, 0) is 35.9 Å². The van der Waals surface area contributed by atoms with Crippen molar-refractivity contribution in [1.29, 1.82) is 0 Å². The van der Waals surface area contributed by atoms with Crippen LogP contribution in [0.15, 0.2) is 42.5 Å². The number of carboxylic acids is 1. The highest BCUT2D eigenvalue weighted by Gasteiger charge is 2.24. The zero-order valence-corrected chi connectivity index (χ0v) is 14.9. The van der Waals surface area contributed by atoms with E-state index in [-0.39, 0.29) is 16.9 Å². The Labute approximate surface area is 155 Å². The van der Waals surface area contributed by atoms with Crippen molar-refractivity contribution in [3.8, 4) is 11.5 Å². The first-order valence-electron chi connectivity index (χ1n) is 8.05. The van der Waals surface area contributed by atoms with Gasteiger partial charge in [-0.3, -0.25) is 4.79 Å². The van der Waals surface area contributed by atoms with Gasteiger partial charge in [-0.25, -0.2) is 9.18 Å². The maximum atomic E-state index is 13.9. The summed E-state index contributed by atoms with van der Waals surface area (Å²) in [6.45, 7) is 0.699. The summed E-state index contributed by atoms with van der Waals surface area (Å²) < 4.78 is 29.0. The summed E-state index contributed by atoms with van der Waals surface area (Å²) in [5.74, 6) is -2.24. The number of hydrogen-bond donors (Lipinski definition) is 2.